The zero-order valence-corrected chi connectivity index (χ0v) is 24.7. The second kappa shape index (κ2) is 10.0. The number of thiocarbonyl (C=S) groups is 1. The molecule has 0 aromatic heterocycles. The van der Waals surface area contributed by atoms with Gasteiger partial charge in [-0.05, 0) is 48.2 Å². The van der Waals surface area contributed by atoms with Crippen molar-refractivity contribution in [1.29, 1.82) is 10.5 Å². The van der Waals surface area contributed by atoms with Gasteiger partial charge in [-0.15, -0.1) is 0 Å². The summed E-state index contributed by atoms with van der Waals surface area (Å²) >= 11 is 5.91. The van der Waals surface area contributed by atoms with E-state index in [1.807, 2.05) is 18.2 Å². The van der Waals surface area contributed by atoms with Crippen molar-refractivity contribution in [2.45, 2.75) is 37.5 Å². The van der Waals surface area contributed by atoms with Crippen LogP contribution in [-0.2, 0) is 0 Å². The highest BCUT2D eigenvalue weighted by atomic mass is 32.1. The molecule has 4 aromatic carbocycles. The molecule has 0 radical (unpaired) electrons. The normalized spacial score (nSPS) is 27.3. The van der Waals surface area contributed by atoms with Crippen LogP contribution >= 0.6 is 12.2 Å². The van der Waals surface area contributed by atoms with Crippen molar-refractivity contribution in [3.63, 3.8) is 0 Å². The molecule has 8 rings (SSSR count). The Morgan fingerprint density at radius 2 is 1.41 bits per heavy atom. The van der Waals surface area contributed by atoms with E-state index >= 15 is 0 Å². The maximum atomic E-state index is 9.67. The summed E-state index contributed by atoms with van der Waals surface area (Å²) in [5, 5.41) is 27.1. The molecule has 0 amide bonds. The highest BCUT2D eigenvalue weighted by Gasteiger charge is 2.62. The fraction of sp³-hybridized carbons (Fsp3) is 0.250. The van der Waals surface area contributed by atoms with E-state index < -0.39 is 5.72 Å². The van der Waals surface area contributed by atoms with Crippen LogP contribution in [0.3, 0.4) is 0 Å². The Hall–Kier alpha value is -5.05. The SMILES string of the molecule is C[C@H]1C[C@@H]2[C@H](c3ccccc3)c3ccc4c(c3O[C@]23NC(=S)N[C@@H](c2ccccc2)[C@@H]3C1)Oc1cc(C#N)c(C#N)cc1O4. The summed E-state index contributed by atoms with van der Waals surface area (Å²) in [5.74, 6) is 2.85. The molecular weight excluding hydrogens is 568 g/mol. The van der Waals surface area contributed by atoms with Crippen LogP contribution in [-0.4, -0.2) is 10.8 Å². The predicted molar refractivity (Wildman–Crippen MR) is 168 cm³/mol. The van der Waals surface area contributed by atoms with Crippen LogP contribution in [0.1, 0.15) is 59.5 Å². The van der Waals surface area contributed by atoms with Gasteiger partial charge in [0.05, 0.1) is 17.2 Å². The molecular formula is C36H28N4O3S. The number of fused-ring (bicyclic) bond motifs is 4. The lowest BCUT2D eigenvalue weighted by Crippen LogP contribution is -2.74. The molecule has 2 fully saturated rings. The molecule has 7 nitrogen and oxygen atoms in total. The summed E-state index contributed by atoms with van der Waals surface area (Å²) in [7, 11) is 0. The molecule has 0 unspecified atom stereocenters. The first-order valence-corrected chi connectivity index (χ1v) is 15.3. The molecule has 216 valence electrons. The van der Waals surface area contributed by atoms with E-state index in [0.29, 0.717) is 39.8 Å². The number of hydrogen-bond donors (Lipinski definition) is 2. The number of ether oxygens (including phenoxy) is 3. The van der Waals surface area contributed by atoms with E-state index in [9.17, 15) is 10.5 Å². The van der Waals surface area contributed by atoms with Gasteiger partial charge in [-0.1, -0.05) is 73.7 Å². The first kappa shape index (κ1) is 26.6. The Balaban J connectivity index is 1.33. The zero-order chi connectivity index (χ0) is 30.0. The molecule has 1 saturated carbocycles. The van der Waals surface area contributed by atoms with E-state index in [1.54, 1.807) is 12.1 Å². The second-order valence-electron chi connectivity index (χ2n) is 12.1. The topological polar surface area (TPSA) is 99.3 Å². The van der Waals surface area contributed by atoms with Crippen molar-refractivity contribution in [1.82, 2.24) is 10.6 Å². The van der Waals surface area contributed by atoms with E-state index in [-0.39, 0.29) is 34.9 Å². The monoisotopic (exact) mass is 596 g/mol. The van der Waals surface area contributed by atoms with Crippen LogP contribution in [0.5, 0.6) is 28.7 Å². The van der Waals surface area contributed by atoms with Gasteiger partial charge in [0.15, 0.2) is 33.8 Å². The molecule has 44 heavy (non-hydrogen) atoms. The van der Waals surface area contributed by atoms with Crippen molar-refractivity contribution in [2.75, 3.05) is 0 Å². The average molecular weight is 597 g/mol. The van der Waals surface area contributed by atoms with Gasteiger partial charge in [-0.2, -0.15) is 10.5 Å². The quantitative estimate of drug-likeness (QED) is 0.203. The van der Waals surface area contributed by atoms with Gasteiger partial charge < -0.3 is 24.8 Å². The molecule has 4 aromatic rings. The summed E-state index contributed by atoms with van der Waals surface area (Å²) in [6.45, 7) is 2.33. The van der Waals surface area contributed by atoms with Crippen molar-refractivity contribution in [3.8, 4) is 40.9 Å². The van der Waals surface area contributed by atoms with Crippen LogP contribution in [0.25, 0.3) is 0 Å². The van der Waals surface area contributed by atoms with Gasteiger partial charge in [0, 0.05) is 35.4 Å². The maximum Gasteiger partial charge on any atom is 0.212 e. The second-order valence-corrected chi connectivity index (χ2v) is 12.6. The number of nitriles is 2. The van der Waals surface area contributed by atoms with Crippen LogP contribution in [0.4, 0.5) is 0 Å². The smallest absolute Gasteiger partial charge is 0.212 e. The van der Waals surface area contributed by atoms with Gasteiger partial charge in [0.1, 0.15) is 12.1 Å². The Bertz CT molecular complexity index is 1900. The molecule has 1 saturated heterocycles. The van der Waals surface area contributed by atoms with E-state index in [2.05, 4.69) is 84.3 Å². The number of benzene rings is 4. The summed E-state index contributed by atoms with van der Waals surface area (Å²) in [6, 6.07) is 32.2. The van der Waals surface area contributed by atoms with Crippen molar-refractivity contribution >= 4 is 17.3 Å². The minimum absolute atomic E-state index is 0.0130. The standard InChI is InChI=1S/C36H28N4O3S/c1-20-14-26-31(21-8-4-2-5-9-21)25-12-13-28-34(42-30-17-24(19-38)23(18-37)16-29(30)41-28)33(25)43-36(26)27(15-20)32(39-35(44)40-36)22-10-6-3-7-11-22/h2-13,16-17,20,26-27,31-32H,14-15H2,1H3,(H2,39,40,44)/t20-,26+,27-,31+,32-,36+/m0/s1. The average Bonchev–Trinajstić information content (AvgIpc) is 3.05. The van der Waals surface area contributed by atoms with E-state index in [4.69, 9.17) is 26.4 Å². The largest absolute Gasteiger partial charge is 0.463 e. The van der Waals surface area contributed by atoms with Gasteiger partial charge >= 0.3 is 0 Å². The lowest BCUT2D eigenvalue weighted by atomic mass is 9.58. The third-order valence-corrected chi connectivity index (χ3v) is 9.82. The summed E-state index contributed by atoms with van der Waals surface area (Å²) in [6.07, 6.45) is 1.89. The maximum absolute atomic E-state index is 9.67. The Morgan fingerprint density at radius 3 is 2.09 bits per heavy atom. The first-order valence-electron chi connectivity index (χ1n) is 14.9. The zero-order valence-electron chi connectivity index (χ0n) is 23.9. The summed E-state index contributed by atoms with van der Waals surface area (Å²) in [5.41, 5.74) is 3.00. The molecule has 3 heterocycles. The Kier molecular flexibility index (Phi) is 6.04. The van der Waals surface area contributed by atoms with Crippen LogP contribution < -0.4 is 24.8 Å². The summed E-state index contributed by atoms with van der Waals surface area (Å²) in [4.78, 5) is 0. The lowest BCUT2D eigenvalue weighted by Gasteiger charge is -2.60. The summed E-state index contributed by atoms with van der Waals surface area (Å²) < 4.78 is 20.1. The molecule has 0 bridgehead atoms. The fourth-order valence-corrected chi connectivity index (χ4v) is 8.11. The Morgan fingerprint density at radius 1 is 0.773 bits per heavy atom. The highest BCUT2D eigenvalue weighted by molar-refractivity contribution is 7.80. The van der Waals surface area contributed by atoms with Crippen molar-refractivity contribution in [2.24, 2.45) is 17.8 Å². The van der Waals surface area contributed by atoms with Gasteiger partial charge in [0.2, 0.25) is 5.75 Å². The first-order chi connectivity index (χ1) is 21.5. The molecule has 1 spiro atoms. The Labute approximate surface area is 261 Å². The third kappa shape index (κ3) is 3.95. The van der Waals surface area contributed by atoms with Gasteiger partial charge in [-0.25, -0.2) is 0 Å². The molecule has 8 heteroatoms. The highest BCUT2D eigenvalue weighted by Crippen LogP contribution is 2.63. The van der Waals surface area contributed by atoms with Gasteiger partial charge in [-0.3, -0.25) is 0 Å². The molecule has 2 N–H and O–H groups in total. The van der Waals surface area contributed by atoms with Crippen LogP contribution in [0.2, 0.25) is 0 Å². The fourth-order valence-electron chi connectivity index (χ4n) is 7.83. The molecule has 3 aliphatic heterocycles. The minimum atomic E-state index is -0.829. The number of nitrogens with zero attached hydrogens (tertiary/aromatic N) is 2. The van der Waals surface area contributed by atoms with Crippen LogP contribution in [0, 0.1) is 40.4 Å². The van der Waals surface area contributed by atoms with E-state index in [0.717, 1.165) is 18.4 Å². The lowest BCUT2D eigenvalue weighted by molar-refractivity contribution is -0.133. The molecule has 6 atom stereocenters. The van der Waals surface area contributed by atoms with Crippen molar-refractivity contribution < 1.29 is 14.2 Å². The number of nitrogens with one attached hydrogen (secondary N) is 2. The third-order valence-electron chi connectivity index (χ3n) is 9.60. The van der Waals surface area contributed by atoms with Crippen LogP contribution in [0.15, 0.2) is 84.9 Å². The van der Waals surface area contributed by atoms with E-state index in [1.165, 1.54) is 11.1 Å². The molecule has 1 aliphatic carbocycles. The molecule has 4 aliphatic rings. The van der Waals surface area contributed by atoms with Crippen molar-refractivity contribution in [3.05, 3.63) is 113 Å². The van der Waals surface area contributed by atoms with Gasteiger partial charge in [0.25, 0.3) is 0 Å². The number of rotatable bonds is 2. The minimum Gasteiger partial charge on any atom is -0.463 e. The number of hydrogen-bond acceptors (Lipinski definition) is 6. The predicted octanol–water partition coefficient (Wildman–Crippen LogP) is 7.43.